The van der Waals surface area contributed by atoms with Gasteiger partial charge in [-0.25, -0.2) is 0 Å². The second-order valence-corrected chi connectivity index (χ2v) is 6.08. The van der Waals surface area contributed by atoms with E-state index in [1.807, 2.05) is 0 Å². The van der Waals surface area contributed by atoms with E-state index in [0.717, 1.165) is 18.2 Å². The number of methoxy groups -OCH3 is 1. The molecule has 1 aliphatic rings. The molecule has 20 heavy (non-hydrogen) atoms. The number of nitrogens with one attached hydrogen (secondary N) is 1. The van der Waals surface area contributed by atoms with Crippen molar-refractivity contribution < 1.29 is 4.74 Å². The van der Waals surface area contributed by atoms with E-state index in [9.17, 15) is 0 Å². The highest BCUT2D eigenvalue weighted by Crippen LogP contribution is 2.34. The maximum atomic E-state index is 5.56. The van der Waals surface area contributed by atoms with E-state index in [0.29, 0.717) is 6.04 Å². The van der Waals surface area contributed by atoms with Crippen molar-refractivity contribution in [3.05, 3.63) is 29.3 Å². The molecule has 0 saturated heterocycles. The SMILES string of the molecule is CCNC(CCC1CCCC1)c1cc(C)ccc1OC. The topological polar surface area (TPSA) is 21.3 Å². The third-order valence-corrected chi connectivity index (χ3v) is 4.55. The summed E-state index contributed by atoms with van der Waals surface area (Å²) in [5.41, 5.74) is 2.64. The van der Waals surface area contributed by atoms with E-state index >= 15 is 0 Å². The van der Waals surface area contributed by atoms with Crippen LogP contribution in [0.5, 0.6) is 5.75 Å². The van der Waals surface area contributed by atoms with Crippen molar-refractivity contribution in [3.63, 3.8) is 0 Å². The Morgan fingerprint density at radius 1 is 1.30 bits per heavy atom. The van der Waals surface area contributed by atoms with Crippen LogP contribution in [-0.2, 0) is 0 Å². The molecule has 0 heterocycles. The zero-order valence-electron chi connectivity index (χ0n) is 13.2. The van der Waals surface area contributed by atoms with Gasteiger partial charge in [-0.1, -0.05) is 50.3 Å². The third kappa shape index (κ3) is 3.99. The predicted octanol–water partition coefficient (Wildman–Crippen LogP) is 4.62. The summed E-state index contributed by atoms with van der Waals surface area (Å²) >= 11 is 0. The second kappa shape index (κ2) is 7.68. The van der Waals surface area contributed by atoms with Gasteiger partial charge in [-0.05, 0) is 38.3 Å². The first-order chi connectivity index (χ1) is 9.74. The normalized spacial score (nSPS) is 17.4. The molecule has 0 aliphatic heterocycles. The van der Waals surface area contributed by atoms with Crippen molar-refractivity contribution in [2.24, 2.45) is 5.92 Å². The number of ether oxygens (including phenoxy) is 1. The van der Waals surface area contributed by atoms with Gasteiger partial charge in [-0.15, -0.1) is 0 Å². The Kier molecular flexibility index (Phi) is 5.90. The molecule has 0 radical (unpaired) electrons. The van der Waals surface area contributed by atoms with Gasteiger partial charge in [0.15, 0.2) is 0 Å². The van der Waals surface area contributed by atoms with Crippen LogP contribution in [0.1, 0.15) is 62.6 Å². The van der Waals surface area contributed by atoms with E-state index in [-0.39, 0.29) is 0 Å². The van der Waals surface area contributed by atoms with Crippen molar-refractivity contribution >= 4 is 0 Å². The lowest BCUT2D eigenvalue weighted by atomic mass is 9.93. The van der Waals surface area contributed by atoms with Gasteiger partial charge in [-0.3, -0.25) is 0 Å². The first-order valence-corrected chi connectivity index (χ1v) is 8.12. The maximum absolute atomic E-state index is 5.56. The molecule has 0 amide bonds. The number of benzene rings is 1. The molecule has 0 bridgehead atoms. The summed E-state index contributed by atoms with van der Waals surface area (Å²) in [6.07, 6.45) is 8.30. The smallest absolute Gasteiger partial charge is 0.123 e. The average Bonchev–Trinajstić information content (AvgIpc) is 2.96. The molecule has 1 aliphatic carbocycles. The highest BCUT2D eigenvalue weighted by Gasteiger charge is 2.20. The molecule has 2 nitrogen and oxygen atoms in total. The van der Waals surface area contributed by atoms with Gasteiger partial charge in [0, 0.05) is 11.6 Å². The van der Waals surface area contributed by atoms with Crippen molar-refractivity contribution in [3.8, 4) is 5.75 Å². The summed E-state index contributed by atoms with van der Waals surface area (Å²) in [5, 5.41) is 3.64. The van der Waals surface area contributed by atoms with Crippen molar-refractivity contribution in [2.75, 3.05) is 13.7 Å². The Labute approximate surface area is 123 Å². The lowest BCUT2D eigenvalue weighted by Crippen LogP contribution is -2.22. The van der Waals surface area contributed by atoms with E-state index in [1.54, 1.807) is 7.11 Å². The fourth-order valence-corrected chi connectivity index (χ4v) is 3.44. The van der Waals surface area contributed by atoms with Gasteiger partial charge in [0.1, 0.15) is 5.75 Å². The van der Waals surface area contributed by atoms with Crippen molar-refractivity contribution in [2.45, 2.75) is 58.4 Å². The molecule has 112 valence electrons. The molecule has 1 N–H and O–H groups in total. The highest BCUT2D eigenvalue weighted by atomic mass is 16.5. The van der Waals surface area contributed by atoms with Crippen LogP contribution in [0.15, 0.2) is 18.2 Å². The lowest BCUT2D eigenvalue weighted by Gasteiger charge is -2.22. The molecular formula is C18H29NO. The summed E-state index contributed by atoms with van der Waals surface area (Å²) in [5.74, 6) is 1.97. The standard InChI is InChI=1S/C18H29NO/c1-4-19-17(11-10-15-7-5-6-8-15)16-13-14(2)9-12-18(16)20-3/h9,12-13,15,17,19H,4-8,10-11H2,1-3H3. The minimum Gasteiger partial charge on any atom is -0.496 e. The molecule has 1 fully saturated rings. The fourth-order valence-electron chi connectivity index (χ4n) is 3.44. The van der Waals surface area contributed by atoms with Crippen LogP contribution in [-0.4, -0.2) is 13.7 Å². The molecule has 1 atom stereocenters. The van der Waals surface area contributed by atoms with E-state index in [4.69, 9.17) is 4.74 Å². The minimum absolute atomic E-state index is 0.426. The van der Waals surface area contributed by atoms with E-state index < -0.39 is 0 Å². The molecule has 1 aromatic carbocycles. The van der Waals surface area contributed by atoms with Gasteiger partial charge < -0.3 is 10.1 Å². The Balaban J connectivity index is 2.07. The zero-order valence-corrected chi connectivity index (χ0v) is 13.2. The van der Waals surface area contributed by atoms with Crippen LogP contribution < -0.4 is 10.1 Å². The van der Waals surface area contributed by atoms with Gasteiger partial charge in [-0.2, -0.15) is 0 Å². The number of hydrogen-bond acceptors (Lipinski definition) is 2. The highest BCUT2D eigenvalue weighted by molar-refractivity contribution is 5.39. The van der Waals surface area contributed by atoms with Gasteiger partial charge >= 0.3 is 0 Å². The van der Waals surface area contributed by atoms with Crippen LogP contribution in [0.25, 0.3) is 0 Å². The predicted molar refractivity (Wildman–Crippen MR) is 85.3 cm³/mol. The Hall–Kier alpha value is -1.02. The first-order valence-electron chi connectivity index (χ1n) is 8.12. The summed E-state index contributed by atoms with van der Waals surface area (Å²) in [4.78, 5) is 0. The monoisotopic (exact) mass is 275 g/mol. The molecule has 2 heteroatoms. The van der Waals surface area contributed by atoms with Crippen LogP contribution >= 0.6 is 0 Å². The number of aryl methyl sites for hydroxylation is 1. The van der Waals surface area contributed by atoms with Gasteiger partial charge in [0.25, 0.3) is 0 Å². The van der Waals surface area contributed by atoms with Crippen molar-refractivity contribution in [1.29, 1.82) is 0 Å². The maximum Gasteiger partial charge on any atom is 0.123 e. The number of hydrogen-bond donors (Lipinski definition) is 1. The van der Waals surface area contributed by atoms with E-state index in [1.165, 1.54) is 49.7 Å². The number of rotatable bonds is 7. The summed E-state index contributed by atoms with van der Waals surface area (Å²) < 4.78 is 5.56. The summed E-state index contributed by atoms with van der Waals surface area (Å²) in [6, 6.07) is 6.93. The molecule has 0 spiro atoms. The molecule has 1 unspecified atom stereocenters. The van der Waals surface area contributed by atoms with Crippen LogP contribution in [0, 0.1) is 12.8 Å². The molecular weight excluding hydrogens is 246 g/mol. The zero-order chi connectivity index (χ0) is 14.4. The van der Waals surface area contributed by atoms with Crippen LogP contribution in [0.3, 0.4) is 0 Å². The van der Waals surface area contributed by atoms with Crippen molar-refractivity contribution in [1.82, 2.24) is 5.32 Å². The van der Waals surface area contributed by atoms with Crippen LogP contribution in [0.2, 0.25) is 0 Å². The van der Waals surface area contributed by atoms with Gasteiger partial charge in [0.2, 0.25) is 0 Å². The minimum atomic E-state index is 0.426. The Morgan fingerprint density at radius 2 is 2.05 bits per heavy atom. The Morgan fingerprint density at radius 3 is 2.70 bits per heavy atom. The molecule has 1 aromatic rings. The molecule has 2 rings (SSSR count). The van der Waals surface area contributed by atoms with E-state index in [2.05, 4.69) is 37.4 Å². The van der Waals surface area contributed by atoms with Crippen LogP contribution in [0.4, 0.5) is 0 Å². The average molecular weight is 275 g/mol. The largest absolute Gasteiger partial charge is 0.496 e. The quantitative estimate of drug-likeness (QED) is 0.783. The summed E-state index contributed by atoms with van der Waals surface area (Å²) in [6.45, 7) is 5.35. The fraction of sp³-hybridized carbons (Fsp3) is 0.667. The third-order valence-electron chi connectivity index (χ3n) is 4.55. The molecule has 0 aromatic heterocycles. The molecule has 1 saturated carbocycles. The summed E-state index contributed by atoms with van der Waals surface area (Å²) in [7, 11) is 1.77. The van der Waals surface area contributed by atoms with Gasteiger partial charge in [0.05, 0.1) is 7.11 Å². The second-order valence-electron chi connectivity index (χ2n) is 6.08. The Bertz CT molecular complexity index is 410. The first kappa shape index (κ1) is 15.4. The lowest BCUT2D eigenvalue weighted by molar-refractivity contribution is 0.380.